The number of unbranched alkanes of at least 4 members (excludes halogenated alkanes) is 2. The summed E-state index contributed by atoms with van der Waals surface area (Å²) in [6.45, 7) is 8.75. The van der Waals surface area contributed by atoms with Crippen molar-refractivity contribution in [3.8, 4) is 0 Å². The Bertz CT molecular complexity index is 377. The van der Waals surface area contributed by atoms with Crippen molar-refractivity contribution in [2.24, 2.45) is 0 Å². The minimum atomic E-state index is 0. The third-order valence-corrected chi connectivity index (χ3v) is 3.66. The first-order valence-corrected chi connectivity index (χ1v) is 8.22. The standard InChI is InChI=1S/2C10H15.2ClH.Ti/c2*1-3-4-5-10-7-6-9(2)8-10;;;/h2*7H,3-6H2,1-2H3;2*1H;/q2*-1;;;+4/p-2. The molecule has 0 heterocycles. The van der Waals surface area contributed by atoms with Gasteiger partial charge in [-0.05, 0) is 0 Å². The van der Waals surface area contributed by atoms with Gasteiger partial charge in [-0.1, -0.05) is 79.1 Å². The van der Waals surface area contributed by atoms with Crippen LogP contribution < -0.4 is 24.8 Å². The van der Waals surface area contributed by atoms with Crippen molar-refractivity contribution in [2.45, 2.75) is 79.1 Å². The van der Waals surface area contributed by atoms with E-state index in [0.717, 1.165) is 12.8 Å². The number of hydrogen-bond donors (Lipinski definition) is 0. The van der Waals surface area contributed by atoms with E-state index >= 15 is 0 Å². The van der Waals surface area contributed by atoms with Crippen LogP contribution in [0.1, 0.15) is 79.1 Å². The third kappa shape index (κ3) is 13.2. The van der Waals surface area contributed by atoms with Gasteiger partial charge >= 0.3 is 21.7 Å². The summed E-state index contributed by atoms with van der Waals surface area (Å²) in [5.74, 6) is 0. The van der Waals surface area contributed by atoms with Gasteiger partial charge in [-0.25, -0.2) is 35.5 Å². The summed E-state index contributed by atoms with van der Waals surface area (Å²) in [6.07, 6.45) is 21.3. The van der Waals surface area contributed by atoms with E-state index in [9.17, 15) is 0 Å². The van der Waals surface area contributed by atoms with Crippen LogP contribution in [0.5, 0.6) is 0 Å². The molecule has 0 saturated heterocycles. The Morgan fingerprint density at radius 3 is 1.35 bits per heavy atom. The Morgan fingerprint density at radius 1 is 0.783 bits per heavy atom. The van der Waals surface area contributed by atoms with E-state index in [1.165, 1.54) is 60.8 Å². The molecule has 0 radical (unpaired) electrons. The Morgan fingerprint density at radius 2 is 1.13 bits per heavy atom. The molecule has 0 aromatic carbocycles. The molecular formula is C20H30Cl2Ti. The molecule has 3 heteroatoms. The van der Waals surface area contributed by atoms with Gasteiger partial charge in [0.1, 0.15) is 0 Å². The molecule has 0 N–H and O–H groups in total. The molecule has 2 rings (SSSR count). The molecule has 2 aliphatic rings. The largest absolute Gasteiger partial charge is 4.00 e. The summed E-state index contributed by atoms with van der Waals surface area (Å²) in [7, 11) is 0. The molecule has 0 fully saturated rings. The molecule has 2 aliphatic carbocycles. The molecule has 128 valence electrons. The number of hydrogen-bond acceptors (Lipinski definition) is 0. The molecular weight excluding hydrogens is 359 g/mol. The van der Waals surface area contributed by atoms with Crippen molar-refractivity contribution in [1.82, 2.24) is 0 Å². The average molecular weight is 389 g/mol. The van der Waals surface area contributed by atoms with Gasteiger partial charge in [0.2, 0.25) is 0 Å². The predicted octanol–water partition coefficient (Wildman–Crippen LogP) is 0.518. The van der Waals surface area contributed by atoms with Crippen LogP contribution in [0.25, 0.3) is 0 Å². The number of allylic oxidation sites excluding steroid dienone is 8. The minimum Gasteiger partial charge on any atom is -1.00 e. The fourth-order valence-electron chi connectivity index (χ4n) is 2.37. The molecule has 0 amide bonds. The minimum absolute atomic E-state index is 0. The summed E-state index contributed by atoms with van der Waals surface area (Å²) >= 11 is 0. The second-order valence-corrected chi connectivity index (χ2v) is 5.88. The van der Waals surface area contributed by atoms with Gasteiger partial charge in [-0.2, -0.15) is 11.1 Å². The van der Waals surface area contributed by atoms with E-state index in [1.54, 1.807) is 0 Å². The van der Waals surface area contributed by atoms with Crippen molar-refractivity contribution >= 4 is 0 Å². The topological polar surface area (TPSA) is 0 Å². The molecule has 0 unspecified atom stereocenters. The van der Waals surface area contributed by atoms with Crippen molar-refractivity contribution in [1.29, 1.82) is 0 Å². The van der Waals surface area contributed by atoms with Gasteiger partial charge in [-0.15, -0.1) is 0 Å². The SMILES string of the molecule is CCCCC1=CCC(C)=[C-]1.CCCCC1=CCC(C)=[C-]1.[Cl-].[Cl-].[Ti+4]. The summed E-state index contributed by atoms with van der Waals surface area (Å²) in [5.41, 5.74) is 5.65. The van der Waals surface area contributed by atoms with Crippen LogP contribution in [0.3, 0.4) is 0 Å². The molecule has 0 atom stereocenters. The molecule has 0 bridgehead atoms. The van der Waals surface area contributed by atoms with Crippen LogP contribution in [0, 0.1) is 12.2 Å². The van der Waals surface area contributed by atoms with Crippen LogP contribution in [0.2, 0.25) is 0 Å². The second-order valence-electron chi connectivity index (χ2n) is 5.88. The zero-order chi connectivity index (χ0) is 14.8. The van der Waals surface area contributed by atoms with E-state index in [1.807, 2.05) is 0 Å². The summed E-state index contributed by atoms with van der Waals surface area (Å²) < 4.78 is 0. The first-order valence-electron chi connectivity index (χ1n) is 8.22. The quantitative estimate of drug-likeness (QED) is 0.459. The molecule has 0 nitrogen and oxygen atoms in total. The molecule has 0 aromatic heterocycles. The summed E-state index contributed by atoms with van der Waals surface area (Å²) in [5, 5.41) is 0. The van der Waals surface area contributed by atoms with Crippen LogP contribution >= 0.6 is 0 Å². The monoisotopic (exact) mass is 388 g/mol. The van der Waals surface area contributed by atoms with Crippen molar-refractivity contribution < 1.29 is 46.5 Å². The first-order chi connectivity index (χ1) is 9.65. The van der Waals surface area contributed by atoms with E-state index in [4.69, 9.17) is 0 Å². The predicted molar refractivity (Wildman–Crippen MR) is 89.3 cm³/mol. The average Bonchev–Trinajstić information content (AvgIpc) is 3.03. The van der Waals surface area contributed by atoms with Gasteiger partial charge in [0.15, 0.2) is 0 Å². The Balaban J connectivity index is -0.000000308. The maximum absolute atomic E-state index is 3.37. The van der Waals surface area contributed by atoms with Gasteiger partial charge in [0.05, 0.1) is 0 Å². The summed E-state index contributed by atoms with van der Waals surface area (Å²) in [4.78, 5) is 0. The van der Waals surface area contributed by atoms with Gasteiger partial charge in [0, 0.05) is 0 Å². The van der Waals surface area contributed by atoms with Crippen LogP contribution in [0.15, 0.2) is 34.4 Å². The first kappa shape index (κ1) is 28.1. The fraction of sp³-hybridized carbons (Fsp3) is 0.600. The van der Waals surface area contributed by atoms with Crippen LogP contribution in [0.4, 0.5) is 0 Å². The third-order valence-electron chi connectivity index (χ3n) is 3.66. The molecule has 23 heavy (non-hydrogen) atoms. The Labute approximate surface area is 171 Å². The maximum atomic E-state index is 3.37. The molecule has 0 aliphatic heterocycles. The van der Waals surface area contributed by atoms with Crippen molar-refractivity contribution in [3.63, 3.8) is 0 Å². The normalized spacial score (nSPS) is 14.8. The number of halogens is 2. The van der Waals surface area contributed by atoms with E-state index < -0.39 is 0 Å². The van der Waals surface area contributed by atoms with E-state index in [2.05, 4.69) is 52.0 Å². The van der Waals surface area contributed by atoms with E-state index in [0.29, 0.717) is 0 Å². The Kier molecular flexibility index (Phi) is 20.9. The van der Waals surface area contributed by atoms with Gasteiger partial charge in [-0.3, -0.25) is 0 Å². The van der Waals surface area contributed by atoms with Crippen LogP contribution in [-0.2, 0) is 21.7 Å². The van der Waals surface area contributed by atoms with Crippen LogP contribution in [-0.4, -0.2) is 0 Å². The van der Waals surface area contributed by atoms with Crippen molar-refractivity contribution in [3.05, 3.63) is 46.6 Å². The molecule has 0 saturated carbocycles. The molecule has 0 spiro atoms. The fourth-order valence-corrected chi connectivity index (χ4v) is 2.37. The van der Waals surface area contributed by atoms with Gasteiger partial charge in [0.25, 0.3) is 0 Å². The molecule has 0 aromatic rings. The van der Waals surface area contributed by atoms with Crippen molar-refractivity contribution in [2.75, 3.05) is 0 Å². The van der Waals surface area contributed by atoms with Gasteiger partial charge < -0.3 is 24.8 Å². The number of rotatable bonds is 6. The smallest absolute Gasteiger partial charge is 1.00 e. The second kappa shape index (κ2) is 17.1. The zero-order valence-electron chi connectivity index (χ0n) is 15.1. The Hall–Kier alpha value is 0.254. The van der Waals surface area contributed by atoms with E-state index in [-0.39, 0.29) is 46.5 Å². The zero-order valence-corrected chi connectivity index (χ0v) is 18.1. The maximum Gasteiger partial charge on any atom is 4.00 e. The summed E-state index contributed by atoms with van der Waals surface area (Å²) in [6, 6.07) is 0.